The summed E-state index contributed by atoms with van der Waals surface area (Å²) in [5.41, 5.74) is 7.64. The quantitative estimate of drug-likeness (QED) is 0.901. The maximum absolute atomic E-state index is 13.1. The third kappa shape index (κ3) is 3.66. The molecule has 2 rings (SSSR count). The van der Waals surface area contributed by atoms with Crippen molar-refractivity contribution in [2.24, 2.45) is 5.73 Å². The van der Waals surface area contributed by atoms with Crippen LogP contribution in [0.4, 0.5) is 4.39 Å². The lowest BCUT2D eigenvalue weighted by molar-refractivity contribution is 0.315. The molecule has 0 bridgehead atoms. The molecule has 0 unspecified atom stereocenters. The normalized spacial score (nSPS) is 11.2. The lowest BCUT2D eigenvalue weighted by Gasteiger charge is -2.16. The Labute approximate surface area is 112 Å². The second kappa shape index (κ2) is 5.99. The molecule has 19 heavy (non-hydrogen) atoms. The first-order valence-electron chi connectivity index (χ1n) is 6.29. The van der Waals surface area contributed by atoms with Gasteiger partial charge < -0.3 is 10.2 Å². The fraction of sp³-hybridized carbons (Fsp3) is 0.333. The van der Waals surface area contributed by atoms with Crippen molar-refractivity contribution >= 4 is 0 Å². The first-order chi connectivity index (χ1) is 9.08. The minimum atomic E-state index is -0.198. The summed E-state index contributed by atoms with van der Waals surface area (Å²) in [4.78, 5) is 2.12. The highest BCUT2D eigenvalue weighted by atomic mass is 19.1. The molecule has 1 heterocycles. The van der Waals surface area contributed by atoms with E-state index in [2.05, 4.69) is 4.90 Å². The number of nitrogens with zero attached hydrogens (tertiary/aromatic N) is 1. The molecule has 0 spiro atoms. The van der Waals surface area contributed by atoms with E-state index in [0.29, 0.717) is 13.1 Å². The Morgan fingerprint density at radius 3 is 2.68 bits per heavy atom. The second-order valence-corrected chi connectivity index (χ2v) is 4.80. The standard InChI is InChI=1S/C15H19FN2O/c1-11-13(7-15(8-17)19-11)10-18(2)9-12-4-3-5-14(16)6-12/h3-7H,8-10,17H2,1-2H3. The smallest absolute Gasteiger partial charge is 0.123 e. The molecule has 0 saturated heterocycles. The Balaban J connectivity index is 2.00. The van der Waals surface area contributed by atoms with Crippen molar-refractivity contribution in [3.63, 3.8) is 0 Å². The van der Waals surface area contributed by atoms with E-state index in [4.69, 9.17) is 10.2 Å². The van der Waals surface area contributed by atoms with Crippen LogP contribution in [-0.2, 0) is 19.6 Å². The van der Waals surface area contributed by atoms with Gasteiger partial charge in [-0.15, -0.1) is 0 Å². The summed E-state index contributed by atoms with van der Waals surface area (Å²) >= 11 is 0. The summed E-state index contributed by atoms with van der Waals surface area (Å²) in [5.74, 6) is 1.49. The van der Waals surface area contributed by atoms with Gasteiger partial charge in [0, 0.05) is 18.7 Å². The zero-order chi connectivity index (χ0) is 13.8. The number of furan rings is 1. The minimum absolute atomic E-state index is 0.198. The van der Waals surface area contributed by atoms with E-state index < -0.39 is 0 Å². The van der Waals surface area contributed by atoms with E-state index in [-0.39, 0.29) is 5.82 Å². The number of halogens is 1. The molecule has 0 aliphatic rings. The van der Waals surface area contributed by atoms with Crippen molar-refractivity contribution in [1.29, 1.82) is 0 Å². The molecule has 0 saturated carbocycles. The first kappa shape index (κ1) is 13.8. The number of hydrogen-bond acceptors (Lipinski definition) is 3. The van der Waals surface area contributed by atoms with Crippen molar-refractivity contribution < 1.29 is 8.81 Å². The summed E-state index contributed by atoms with van der Waals surface area (Å²) in [7, 11) is 2.00. The third-order valence-corrected chi connectivity index (χ3v) is 3.05. The molecule has 1 aromatic heterocycles. The van der Waals surface area contributed by atoms with Crippen LogP contribution < -0.4 is 5.73 Å². The SMILES string of the molecule is Cc1oc(CN)cc1CN(C)Cc1cccc(F)c1. The van der Waals surface area contributed by atoms with Crippen LogP contribution in [0.25, 0.3) is 0 Å². The van der Waals surface area contributed by atoms with Crippen molar-refractivity contribution in [3.8, 4) is 0 Å². The predicted octanol–water partition coefficient (Wildman–Crippen LogP) is 2.82. The molecule has 0 radical (unpaired) electrons. The van der Waals surface area contributed by atoms with Crippen molar-refractivity contribution in [3.05, 3.63) is 58.8 Å². The van der Waals surface area contributed by atoms with E-state index in [0.717, 1.165) is 29.2 Å². The van der Waals surface area contributed by atoms with Crippen LogP contribution in [0.2, 0.25) is 0 Å². The van der Waals surface area contributed by atoms with Gasteiger partial charge in [-0.25, -0.2) is 4.39 Å². The summed E-state index contributed by atoms with van der Waals surface area (Å²) in [5, 5.41) is 0. The van der Waals surface area contributed by atoms with Crippen LogP contribution in [0.15, 0.2) is 34.7 Å². The van der Waals surface area contributed by atoms with E-state index >= 15 is 0 Å². The Hall–Kier alpha value is -1.65. The van der Waals surface area contributed by atoms with E-state index in [1.165, 1.54) is 6.07 Å². The van der Waals surface area contributed by atoms with Gasteiger partial charge in [0.2, 0.25) is 0 Å². The van der Waals surface area contributed by atoms with Crippen molar-refractivity contribution in [2.75, 3.05) is 7.05 Å². The molecular formula is C15H19FN2O. The highest BCUT2D eigenvalue weighted by Gasteiger charge is 2.09. The lowest BCUT2D eigenvalue weighted by Crippen LogP contribution is -2.17. The summed E-state index contributed by atoms with van der Waals surface area (Å²) in [6, 6.07) is 8.65. The number of hydrogen-bond donors (Lipinski definition) is 1. The predicted molar refractivity (Wildman–Crippen MR) is 72.9 cm³/mol. The number of nitrogens with two attached hydrogens (primary N) is 1. The largest absolute Gasteiger partial charge is 0.465 e. The lowest BCUT2D eigenvalue weighted by atomic mass is 10.2. The van der Waals surface area contributed by atoms with Crippen LogP contribution in [0, 0.1) is 12.7 Å². The molecule has 0 aliphatic carbocycles. The third-order valence-electron chi connectivity index (χ3n) is 3.05. The molecule has 0 aliphatic heterocycles. The van der Waals surface area contributed by atoms with Crippen molar-refractivity contribution in [2.45, 2.75) is 26.6 Å². The highest BCUT2D eigenvalue weighted by molar-refractivity contribution is 5.21. The van der Waals surface area contributed by atoms with Crippen LogP contribution in [-0.4, -0.2) is 11.9 Å². The Morgan fingerprint density at radius 2 is 2.05 bits per heavy atom. The van der Waals surface area contributed by atoms with Gasteiger partial charge >= 0.3 is 0 Å². The van der Waals surface area contributed by atoms with E-state index in [1.807, 2.05) is 26.1 Å². The van der Waals surface area contributed by atoms with Gasteiger partial charge in [-0.1, -0.05) is 12.1 Å². The average molecular weight is 262 g/mol. The number of aryl methyl sites for hydroxylation is 1. The molecular weight excluding hydrogens is 243 g/mol. The molecule has 0 amide bonds. The maximum atomic E-state index is 13.1. The Bertz CT molecular complexity index is 551. The molecule has 4 heteroatoms. The summed E-state index contributed by atoms with van der Waals surface area (Å²) in [6.07, 6.45) is 0. The number of benzene rings is 1. The molecule has 102 valence electrons. The fourth-order valence-electron chi connectivity index (χ4n) is 2.14. The van der Waals surface area contributed by atoms with Crippen LogP contribution >= 0.6 is 0 Å². The fourth-order valence-corrected chi connectivity index (χ4v) is 2.14. The van der Waals surface area contributed by atoms with Gasteiger partial charge in [0.05, 0.1) is 6.54 Å². The van der Waals surface area contributed by atoms with E-state index in [1.54, 1.807) is 12.1 Å². The molecule has 2 N–H and O–H groups in total. The van der Waals surface area contributed by atoms with Gasteiger partial charge in [-0.05, 0) is 37.7 Å². The monoisotopic (exact) mass is 262 g/mol. The molecule has 2 aromatic rings. The Morgan fingerprint density at radius 1 is 1.26 bits per heavy atom. The second-order valence-electron chi connectivity index (χ2n) is 4.80. The topological polar surface area (TPSA) is 42.4 Å². The van der Waals surface area contributed by atoms with Gasteiger partial charge in [0.25, 0.3) is 0 Å². The first-order valence-corrected chi connectivity index (χ1v) is 6.29. The minimum Gasteiger partial charge on any atom is -0.465 e. The van der Waals surface area contributed by atoms with Crippen LogP contribution in [0.1, 0.15) is 22.6 Å². The van der Waals surface area contributed by atoms with Crippen LogP contribution in [0.3, 0.4) is 0 Å². The molecule has 1 aromatic carbocycles. The van der Waals surface area contributed by atoms with Gasteiger partial charge in [0.15, 0.2) is 0 Å². The summed E-state index contributed by atoms with van der Waals surface area (Å²) in [6.45, 7) is 3.80. The van der Waals surface area contributed by atoms with Crippen LogP contribution in [0.5, 0.6) is 0 Å². The molecule has 0 fully saturated rings. The average Bonchev–Trinajstić information content (AvgIpc) is 2.70. The van der Waals surface area contributed by atoms with Gasteiger partial charge in [-0.3, -0.25) is 4.90 Å². The zero-order valence-electron chi connectivity index (χ0n) is 11.3. The zero-order valence-corrected chi connectivity index (χ0v) is 11.3. The van der Waals surface area contributed by atoms with E-state index in [9.17, 15) is 4.39 Å². The van der Waals surface area contributed by atoms with Gasteiger partial charge in [0.1, 0.15) is 17.3 Å². The maximum Gasteiger partial charge on any atom is 0.123 e. The highest BCUT2D eigenvalue weighted by Crippen LogP contribution is 2.17. The van der Waals surface area contributed by atoms with Gasteiger partial charge in [-0.2, -0.15) is 0 Å². The molecule has 3 nitrogen and oxygen atoms in total. The summed E-state index contributed by atoms with van der Waals surface area (Å²) < 4.78 is 18.6. The Kier molecular flexibility index (Phi) is 4.35. The van der Waals surface area contributed by atoms with Crippen molar-refractivity contribution in [1.82, 2.24) is 4.90 Å². The number of rotatable bonds is 5. The molecule has 0 atom stereocenters.